The molecule has 0 aliphatic carbocycles. The molecule has 0 aliphatic rings. The average molecular weight is 584 g/mol. The van der Waals surface area contributed by atoms with E-state index in [1.165, 1.54) is 4.90 Å². The Morgan fingerprint density at radius 1 is 0.875 bits per heavy atom. The fourth-order valence-electron chi connectivity index (χ4n) is 4.27. The molecule has 7 nitrogen and oxygen atoms in total. The van der Waals surface area contributed by atoms with E-state index in [9.17, 15) is 18.0 Å². The van der Waals surface area contributed by atoms with Crippen molar-refractivity contribution in [2.75, 3.05) is 23.7 Å². The third kappa shape index (κ3) is 9.10. The lowest BCUT2D eigenvalue weighted by Crippen LogP contribution is -2.53. The number of nitrogens with one attached hydrogen (secondary N) is 1. The molecule has 2 amide bonds. The maximum atomic E-state index is 14.1. The number of carbonyl (C=O) groups excluding carboxylic acids is 2. The second-order valence-electron chi connectivity index (χ2n) is 10.3. The van der Waals surface area contributed by atoms with Crippen LogP contribution in [0.15, 0.2) is 78.9 Å². The van der Waals surface area contributed by atoms with Crippen LogP contribution in [0.1, 0.15) is 37.5 Å². The van der Waals surface area contributed by atoms with Crippen molar-refractivity contribution in [1.82, 2.24) is 10.2 Å². The normalized spacial score (nSPS) is 12.2. The second-order valence-corrected chi connectivity index (χ2v) is 12.6. The van der Waals surface area contributed by atoms with Crippen molar-refractivity contribution < 1.29 is 18.0 Å². The maximum Gasteiger partial charge on any atom is 0.244 e. The molecule has 0 heterocycles. The van der Waals surface area contributed by atoms with Gasteiger partial charge in [-0.05, 0) is 53.3 Å². The molecular weight excluding hydrogens is 546 g/mol. The van der Waals surface area contributed by atoms with Crippen LogP contribution < -0.4 is 9.62 Å². The van der Waals surface area contributed by atoms with E-state index in [1.54, 1.807) is 36.4 Å². The molecule has 3 aromatic carbocycles. The number of rotatable bonds is 13. The molecule has 0 fully saturated rings. The molecule has 40 heavy (non-hydrogen) atoms. The molecule has 1 atom stereocenters. The SMILES string of the molecule is CCc1ccc(N(CC(=O)N(Cc2ccc(Cl)cc2)[C@@H](Cc2ccccc2)C(=O)NCC(C)C)S(C)(=O)=O)cc1. The van der Waals surface area contributed by atoms with Crippen molar-refractivity contribution in [1.29, 1.82) is 0 Å². The van der Waals surface area contributed by atoms with Crippen LogP contribution in [0, 0.1) is 5.92 Å². The van der Waals surface area contributed by atoms with Gasteiger partial charge in [-0.1, -0.05) is 87.0 Å². The maximum absolute atomic E-state index is 14.1. The van der Waals surface area contributed by atoms with Gasteiger partial charge in [0, 0.05) is 24.5 Å². The summed E-state index contributed by atoms with van der Waals surface area (Å²) in [4.78, 5) is 29.1. The molecule has 214 valence electrons. The van der Waals surface area contributed by atoms with E-state index < -0.39 is 28.5 Å². The fourth-order valence-corrected chi connectivity index (χ4v) is 5.25. The highest BCUT2D eigenvalue weighted by Crippen LogP contribution is 2.22. The summed E-state index contributed by atoms with van der Waals surface area (Å²) < 4.78 is 26.8. The quantitative estimate of drug-likeness (QED) is 0.304. The van der Waals surface area contributed by atoms with Crippen LogP contribution in [-0.4, -0.2) is 50.5 Å². The highest BCUT2D eigenvalue weighted by atomic mass is 35.5. The van der Waals surface area contributed by atoms with Crippen LogP contribution >= 0.6 is 11.6 Å². The molecular formula is C31H38ClN3O4S. The molecule has 0 radical (unpaired) electrons. The third-order valence-corrected chi connectivity index (χ3v) is 7.93. The van der Waals surface area contributed by atoms with Gasteiger partial charge in [0.15, 0.2) is 0 Å². The first-order valence-electron chi connectivity index (χ1n) is 13.4. The fraction of sp³-hybridized carbons (Fsp3) is 0.355. The average Bonchev–Trinajstić information content (AvgIpc) is 2.93. The molecule has 0 saturated carbocycles. The molecule has 0 saturated heterocycles. The Balaban J connectivity index is 2.03. The number of aryl methyl sites for hydroxylation is 1. The number of anilines is 1. The van der Waals surface area contributed by atoms with Crippen LogP contribution in [0.25, 0.3) is 0 Å². The number of hydrogen-bond donors (Lipinski definition) is 1. The van der Waals surface area contributed by atoms with Crippen LogP contribution in [-0.2, 0) is 39.0 Å². The molecule has 3 rings (SSSR count). The second kappa shape index (κ2) is 14.3. The molecule has 3 aromatic rings. The molecule has 9 heteroatoms. The smallest absolute Gasteiger partial charge is 0.244 e. The predicted molar refractivity (Wildman–Crippen MR) is 162 cm³/mol. The topological polar surface area (TPSA) is 86.8 Å². The number of halogens is 1. The highest BCUT2D eigenvalue weighted by molar-refractivity contribution is 7.92. The minimum atomic E-state index is -3.80. The highest BCUT2D eigenvalue weighted by Gasteiger charge is 2.33. The molecule has 0 unspecified atom stereocenters. The summed E-state index contributed by atoms with van der Waals surface area (Å²) in [5, 5.41) is 3.53. The van der Waals surface area contributed by atoms with Crippen LogP contribution in [0.3, 0.4) is 0 Å². The van der Waals surface area contributed by atoms with E-state index in [1.807, 2.05) is 63.2 Å². The Morgan fingerprint density at radius 3 is 2.02 bits per heavy atom. The summed E-state index contributed by atoms with van der Waals surface area (Å²) in [6, 6.07) is 22.8. The zero-order chi connectivity index (χ0) is 29.3. The van der Waals surface area contributed by atoms with E-state index in [2.05, 4.69) is 5.32 Å². The summed E-state index contributed by atoms with van der Waals surface area (Å²) >= 11 is 6.09. The van der Waals surface area contributed by atoms with Gasteiger partial charge in [0.05, 0.1) is 11.9 Å². The number of carbonyl (C=O) groups is 2. The lowest BCUT2D eigenvalue weighted by molar-refractivity contribution is -0.140. The predicted octanol–water partition coefficient (Wildman–Crippen LogP) is 5.08. The summed E-state index contributed by atoms with van der Waals surface area (Å²) in [7, 11) is -3.80. The third-order valence-electron chi connectivity index (χ3n) is 6.53. The van der Waals surface area contributed by atoms with Gasteiger partial charge >= 0.3 is 0 Å². The molecule has 1 N–H and O–H groups in total. The van der Waals surface area contributed by atoms with Crippen LogP contribution in [0.2, 0.25) is 5.02 Å². The molecule has 0 spiro atoms. The Hall–Kier alpha value is -3.36. The van der Waals surface area contributed by atoms with E-state index in [0.717, 1.165) is 33.7 Å². The summed E-state index contributed by atoms with van der Waals surface area (Å²) in [6.07, 6.45) is 2.15. The van der Waals surface area contributed by atoms with Crippen molar-refractivity contribution in [2.45, 2.75) is 46.2 Å². The van der Waals surface area contributed by atoms with Crippen molar-refractivity contribution in [3.8, 4) is 0 Å². The number of hydrogen-bond acceptors (Lipinski definition) is 4. The van der Waals surface area contributed by atoms with Crippen molar-refractivity contribution in [3.05, 3.63) is 101 Å². The number of amides is 2. The monoisotopic (exact) mass is 583 g/mol. The van der Waals surface area contributed by atoms with Crippen molar-refractivity contribution in [3.63, 3.8) is 0 Å². The van der Waals surface area contributed by atoms with E-state index >= 15 is 0 Å². The Bertz CT molecular complexity index is 1360. The van der Waals surface area contributed by atoms with Crippen LogP contribution in [0.4, 0.5) is 5.69 Å². The zero-order valence-corrected chi connectivity index (χ0v) is 25.1. The van der Waals surface area contributed by atoms with Crippen molar-refractivity contribution >= 4 is 39.1 Å². The van der Waals surface area contributed by atoms with Gasteiger partial charge in [-0.25, -0.2) is 8.42 Å². The van der Waals surface area contributed by atoms with Gasteiger partial charge < -0.3 is 10.2 Å². The molecule has 0 aliphatic heterocycles. The standard InChI is InChI=1S/C31H38ClN3O4S/c1-5-24-13-17-28(18-14-24)35(40(4,38)39)22-30(36)34(21-26-11-15-27(32)16-12-26)29(31(37)33-20-23(2)3)19-25-9-7-6-8-10-25/h6-18,23,29H,5,19-22H2,1-4H3,(H,33,37)/t29-/m0/s1. The Labute approximate surface area is 243 Å². The van der Waals surface area contributed by atoms with E-state index in [-0.39, 0.29) is 24.8 Å². The summed E-state index contributed by atoms with van der Waals surface area (Å²) in [5.41, 5.74) is 3.10. The van der Waals surface area contributed by atoms with Crippen LogP contribution in [0.5, 0.6) is 0 Å². The first kappa shape index (κ1) is 31.2. The summed E-state index contributed by atoms with van der Waals surface area (Å²) in [5.74, 6) is -0.563. The molecule has 0 bridgehead atoms. The first-order chi connectivity index (χ1) is 19.0. The Kier molecular flexibility index (Phi) is 11.2. The molecule has 0 aromatic heterocycles. The van der Waals surface area contributed by atoms with E-state index in [4.69, 9.17) is 11.6 Å². The Morgan fingerprint density at radius 2 is 1.48 bits per heavy atom. The summed E-state index contributed by atoms with van der Waals surface area (Å²) in [6.45, 7) is 6.12. The van der Waals surface area contributed by atoms with Gasteiger partial charge in [0.1, 0.15) is 12.6 Å². The minimum absolute atomic E-state index is 0.106. The van der Waals surface area contributed by atoms with Gasteiger partial charge in [-0.2, -0.15) is 0 Å². The number of nitrogens with zero attached hydrogens (tertiary/aromatic N) is 2. The lowest BCUT2D eigenvalue weighted by Gasteiger charge is -2.33. The van der Waals surface area contributed by atoms with Gasteiger partial charge in [-0.15, -0.1) is 0 Å². The van der Waals surface area contributed by atoms with Gasteiger partial charge in [-0.3, -0.25) is 13.9 Å². The largest absolute Gasteiger partial charge is 0.354 e. The number of sulfonamides is 1. The van der Waals surface area contributed by atoms with Crippen molar-refractivity contribution in [2.24, 2.45) is 5.92 Å². The first-order valence-corrected chi connectivity index (χ1v) is 15.6. The number of benzene rings is 3. The van der Waals surface area contributed by atoms with E-state index in [0.29, 0.717) is 17.3 Å². The van der Waals surface area contributed by atoms with Gasteiger partial charge in [0.25, 0.3) is 0 Å². The van der Waals surface area contributed by atoms with Gasteiger partial charge in [0.2, 0.25) is 21.8 Å². The zero-order valence-electron chi connectivity index (χ0n) is 23.5. The minimum Gasteiger partial charge on any atom is -0.354 e. The lowest BCUT2D eigenvalue weighted by atomic mass is 10.0.